The topological polar surface area (TPSA) is 63.4 Å². The second kappa shape index (κ2) is 4.87. The maximum absolute atomic E-state index is 11.3. The van der Waals surface area contributed by atoms with Gasteiger partial charge in [0, 0.05) is 32.5 Å². The molecule has 0 saturated heterocycles. The fourth-order valence-corrected chi connectivity index (χ4v) is 0.968. The highest BCUT2D eigenvalue weighted by molar-refractivity contribution is 5.81. The first kappa shape index (κ1) is 11.1. The Morgan fingerprint density at radius 2 is 2.08 bits per heavy atom. The molecular weight excluding hydrogens is 156 g/mol. The van der Waals surface area contributed by atoms with Gasteiger partial charge in [-0.05, 0) is 0 Å². The molecule has 0 aromatic carbocycles. The molecule has 0 heterocycles. The minimum Gasteiger partial charge on any atom is -0.349 e. The van der Waals surface area contributed by atoms with Gasteiger partial charge in [-0.15, -0.1) is 0 Å². The maximum Gasteiger partial charge on any atom is 0.225 e. The molecule has 1 unspecified atom stereocenters. The van der Waals surface area contributed by atoms with Crippen LogP contribution in [0.15, 0.2) is 0 Å². The van der Waals surface area contributed by atoms with Gasteiger partial charge in [-0.1, -0.05) is 6.92 Å². The molecule has 0 aromatic rings. The second-order valence-corrected chi connectivity index (χ2v) is 3.06. The average molecular weight is 172 g/mol. The van der Waals surface area contributed by atoms with E-state index in [2.05, 4.69) is 0 Å². The summed E-state index contributed by atoms with van der Waals surface area (Å²) in [6.45, 7) is 1.94. The number of carbonyl (C=O) groups excluding carboxylic acids is 2. The number of aldehydes is 1. The SMILES string of the molecule is CC(C(=O)N(C)C)[C@H](C=O)CN. The highest BCUT2D eigenvalue weighted by atomic mass is 16.2. The number of nitrogens with two attached hydrogens (primary N) is 1. The number of amides is 1. The molecule has 1 amide bonds. The lowest BCUT2D eigenvalue weighted by atomic mass is 9.94. The first-order chi connectivity index (χ1) is 5.54. The van der Waals surface area contributed by atoms with Crippen molar-refractivity contribution in [3.8, 4) is 0 Å². The maximum atomic E-state index is 11.3. The Morgan fingerprint density at radius 1 is 1.58 bits per heavy atom. The monoisotopic (exact) mass is 172 g/mol. The number of hydrogen-bond acceptors (Lipinski definition) is 3. The van der Waals surface area contributed by atoms with Crippen LogP contribution < -0.4 is 5.73 Å². The largest absolute Gasteiger partial charge is 0.349 e. The van der Waals surface area contributed by atoms with E-state index in [9.17, 15) is 9.59 Å². The minimum atomic E-state index is -0.361. The van der Waals surface area contributed by atoms with Crippen LogP contribution in [0.1, 0.15) is 6.92 Å². The summed E-state index contributed by atoms with van der Waals surface area (Å²) in [6.07, 6.45) is 0.742. The Bertz CT molecular complexity index is 168. The van der Waals surface area contributed by atoms with E-state index in [1.54, 1.807) is 21.0 Å². The van der Waals surface area contributed by atoms with E-state index in [1.807, 2.05) is 0 Å². The van der Waals surface area contributed by atoms with Gasteiger partial charge >= 0.3 is 0 Å². The molecule has 0 saturated carbocycles. The van der Waals surface area contributed by atoms with Crippen LogP contribution in [-0.2, 0) is 9.59 Å². The fraction of sp³-hybridized carbons (Fsp3) is 0.750. The summed E-state index contributed by atoms with van der Waals surface area (Å²) >= 11 is 0. The van der Waals surface area contributed by atoms with Gasteiger partial charge in [-0.3, -0.25) is 4.79 Å². The van der Waals surface area contributed by atoms with Crippen LogP contribution in [-0.4, -0.2) is 37.7 Å². The summed E-state index contributed by atoms with van der Waals surface area (Å²) in [5, 5.41) is 0. The Labute approximate surface area is 72.7 Å². The van der Waals surface area contributed by atoms with E-state index >= 15 is 0 Å². The lowest BCUT2D eigenvalue weighted by molar-refractivity contribution is -0.135. The molecular formula is C8H16N2O2. The third kappa shape index (κ3) is 2.62. The molecule has 0 bridgehead atoms. The van der Waals surface area contributed by atoms with Crippen molar-refractivity contribution in [2.24, 2.45) is 17.6 Å². The first-order valence-electron chi connectivity index (χ1n) is 3.91. The van der Waals surface area contributed by atoms with Gasteiger partial charge in [0.15, 0.2) is 0 Å². The van der Waals surface area contributed by atoms with Gasteiger partial charge in [0.1, 0.15) is 6.29 Å². The molecule has 0 aliphatic carbocycles. The molecule has 2 N–H and O–H groups in total. The van der Waals surface area contributed by atoms with Gasteiger partial charge in [0.2, 0.25) is 5.91 Å². The molecule has 70 valence electrons. The summed E-state index contributed by atoms with van der Waals surface area (Å²) in [4.78, 5) is 23.2. The van der Waals surface area contributed by atoms with Crippen LogP contribution in [0.5, 0.6) is 0 Å². The smallest absolute Gasteiger partial charge is 0.225 e. The van der Waals surface area contributed by atoms with Crippen molar-refractivity contribution in [1.82, 2.24) is 4.90 Å². The number of carbonyl (C=O) groups is 2. The molecule has 0 aromatic heterocycles. The van der Waals surface area contributed by atoms with Gasteiger partial charge in [0.25, 0.3) is 0 Å². The number of nitrogens with zero attached hydrogens (tertiary/aromatic N) is 1. The normalized spacial score (nSPS) is 15.0. The van der Waals surface area contributed by atoms with Gasteiger partial charge in [-0.25, -0.2) is 0 Å². The van der Waals surface area contributed by atoms with Gasteiger partial charge < -0.3 is 15.4 Å². The van der Waals surface area contributed by atoms with E-state index in [0.29, 0.717) is 0 Å². The van der Waals surface area contributed by atoms with E-state index in [1.165, 1.54) is 4.90 Å². The van der Waals surface area contributed by atoms with Crippen LogP contribution >= 0.6 is 0 Å². The van der Waals surface area contributed by atoms with Crippen molar-refractivity contribution in [1.29, 1.82) is 0 Å². The van der Waals surface area contributed by atoms with Crippen molar-refractivity contribution < 1.29 is 9.59 Å². The summed E-state index contributed by atoms with van der Waals surface area (Å²) in [5.41, 5.74) is 5.32. The fourth-order valence-electron chi connectivity index (χ4n) is 0.968. The van der Waals surface area contributed by atoms with Gasteiger partial charge in [-0.2, -0.15) is 0 Å². The summed E-state index contributed by atoms with van der Waals surface area (Å²) in [7, 11) is 3.33. The Kier molecular flexibility index (Phi) is 4.51. The van der Waals surface area contributed by atoms with Crippen molar-refractivity contribution in [3.05, 3.63) is 0 Å². The number of rotatable bonds is 4. The molecule has 0 fully saturated rings. The van der Waals surface area contributed by atoms with E-state index in [4.69, 9.17) is 5.73 Å². The minimum absolute atomic E-state index is 0.0578. The van der Waals surface area contributed by atoms with Crippen LogP contribution in [0.4, 0.5) is 0 Å². The third-order valence-corrected chi connectivity index (χ3v) is 1.92. The van der Waals surface area contributed by atoms with E-state index < -0.39 is 0 Å². The molecule has 4 heteroatoms. The zero-order valence-electron chi connectivity index (χ0n) is 7.78. The molecule has 2 atom stereocenters. The van der Waals surface area contributed by atoms with Crippen LogP contribution in [0, 0.1) is 11.8 Å². The Balaban J connectivity index is 4.25. The molecule has 4 nitrogen and oxygen atoms in total. The Hall–Kier alpha value is -0.900. The quantitative estimate of drug-likeness (QED) is 0.581. The molecule has 12 heavy (non-hydrogen) atoms. The molecule has 0 aliphatic rings. The number of hydrogen-bond donors (Lipinski definition) is 1. The summed E-state index contributed by atoms with van der Waals surface area (Å²) in [5.74, 6) is -0.736. The van der Waals surface area contributed by atoms with Gasteiger partial charge in [0.05, 0.1) is 0 Å². The highest BCUT2D eigenvalue weighted by Crippen LogP contribution is 2.09. The predicted molar refractivity (Wildman–Crippen MR) is 46.5 cm³/mol. The zero-order chi connectivity index (χ0) is 9.72. The lowest BCUT2D eigenvalue weighted by Crippen LogP contribution is -2.36. The van der Waals surface area contributed by atoms with Crippen molar-refractivity contribution >= 4 is 12.2 Å². The lowest BCUT2D eigenvalue weighted by Gasteiger charge is -2.20. The zero-order valence-corrected chi connectivity index (χ0v) is 7.78. The molecule has 0 radical (unpaired) electrons. The Morgan fingerprint density at radius 3 is 2.33 bits per heavy atom. The van der Waals surface area contributed by atoms with E-state index in [-0.39, 0.29) is 24.3 Å². The summed E-state index contributed by atoms with van der Waals surface area (Å²) < 4.78 is 0. The average Bonchev–Trinajstić information content (AvgIpc) is 2.05. The van der Waals surface area contributed by atoms with Crippen molar-refractivity contribution in [2.45, 2.75) is 6.92 Å². The molecule has 0 aliphatic heterocycles. The third-order valence-electron chi connectivity index (χ3n) is 1.92. The molecule has 0 spiro atoms. The second-order valence-electron chi connectivity index (χ2n) is 3.06. The summed E-state index contributed by atoms with van der Waals surface area (Å²) in [6, 6.07) is 0. The predicted octanol–water partition coefficient (Wildman–Crippen LogP) is -0.515. The highest BCUT2D eigenvalue weighted by Gasteiger charge is 2.23. The van der Waals surface area contributed by atoms with Crippen LogP contribution in [0.3, 0.4) is 0 Å². The van der Waals surface area contributed by atoms with Crippen molar-refractivity contribution in [2.75, 3.05) is 20.6 Å². The molecule has 0 rings (SSSR count). The van der Waals surface area contributed by atoms with E-state index in [0.717, 1.165) is 6.29 Å². The first-order valence-corrected chi connectivity index (χ1v) is 3.91. The van der Waals surface area contributed by atoms with Crippen molar-refractivity contribution in [3.63, 3.8) is 0 Å². The van der Waals surface area contributed by atoms with Crippen LogP contribution in [0.25, 0.3) is 0 Å². The van der Waals surface area contributed by atoms with Crippen LogP contribution in [0.2, 0.25) is 0 Å². The standard InChI is InChI=1S/C8H16N2O2/c1-6(7(4-9)5-11)8(12)10(2)3/h5-7H,4,9H2,1-3H3/t6?,7-/m0/s1.